The maximum absolute atomic E-state index is 12.3. The van der Waals surface area contributed by atoms with E-state index in [4.69, 9.17) is 4.74 Å². The fraction of sp³-hybridized carbons (Fsp3) is 0.611. The molecule has 1 aromatic carbocycles. The van der Waals surface area contributed by atoms with Gasteiger partial charge in [0.05, 0.1) is 0 Å². The number of ether oxygens (including phenoxy) is 1. The molecule has 2 aliphatic rings. The SMILES string of the molecule is C[C@H](Oc1ccc2c(c1)CCC2)C(=O)NC1CCN(C)CC1. The highest BCUT2D eigenvalue weighted by Gasteiger charge is 2.22. The predicted molar refractivity (Wildman–Crippen MR) is 87.2 cm³/mol. The van der Waals surface area contributed by atoms with Crippen LogP contribution >= 0.6 is 0 Å². The number of piperidine rings is 1. The first-order chi connectivity index (χ1) is 10.6. The third-order valence-corrected chi connectivity index (χ3v) is 4.82. The lowest BCUT2D eigenvalue weighted by Gasteiger charge is -2.30. The third kappa shape index (κ3) is 3.61. The minimum atomic E-state index is -0.445. The lowest BCUT2D eigenvalue weighted by molar-refractivity contribution is -0.128. The summed E-state index contributed by atoms with van der Waals surface area (Å²) < 4.78 is 5.84. The zero-order chi connectivity index (χ0) is 15.5. The fourth-order valence-corrected chi connectivity index (χ4v) is 3.35. The maximum atomic E-state index is 12.3. The highest BCUT2D eigenvalue weighted by atomic mass is 16.5. The third-order valence-electron chi connectivity index (χ3n) is 4.82. The van der Waals surface area contributed by atoms with E-state index in [2.05, 4.69) is 29.4 Å². The molecule has 0 bridgehead atoms. The molecule has 0 aromatic heterocycles. The Morgan fingerprint density at radius 3 is 2.77 bits per heavy atom. The van der Waals surface area contributed by atoms with E-state index in [0.717, 1.165) is 38.1 Å². The normalized spacial score (nSPS) is 20.5. The largest absolute Gasteiger partial charge is 0.481 e. The molecule has 3 rings (SSSR count). The van der Waals surface area contributed by atoms with E-state index in [0.29, 0.717) is 0 Å². The summed E-state index contributed by atoms with van der Waals surface area (Å²) in [5, 5.41) is 3.12. The molecular formula is C18H26N2O2. The van der Waals surface area contributed by atoms with Crippen molar-refractivity contribution >= 4 is 5.91 Å². The van der Waals surface area contributed by atoms with Crippen LogP contribution < -0.4 is 10.1 Å². The molecule has 22 heavy (non-hydrogen) atoms. The van der Waals surface area contributed by atoms with Gasteiger partial charge >= 0.3 is 0 Å². The van der Waals surface area contributed by atoms with E-state index in [1.165, 1.54) is 24.0 Å². The van der Waals surface area contributed by atoms with Gasteiger partial charge < -0.3 is 15.0 Å². The summed E-state index contributed by atoms with van der Waals surface area (Å²) in [6, 6.07) is 6.51. The maximum Gasteiger partial charge on any atom is 0.260 e. The molecule has 1 N–H and O–H groups in total. The summed E-state index contributed by atoms with van der Waals surface area (Å²) in [6.07, 6.45) is 5.12. The molecule has 1 atom stereocenters. The van der Waals surface area contributed by atoms with Crippen LogP contribution in [-0.4, -0.2) is 43.1 Å². The van der Waals surface area contributed by atoms with Crippen LogP contribution in [0.3, 0.4) is 0 Å². The number of hydrogen-bond donors (Lipinski definition) is 1. The van der Waals surface area contributed by atoms with Crippen LogP contribution in [0.1, 0.15) is 37.3 Å². The van der Waals surface area contributed by atoms with Gasteiger partial charge in [-0.25, -0.2) is 0 Å². The summed E-state index contributed by atoms with van der Waals surface area (Å²) in [4.78, 5) is 14.6. The van der Waals surface area contributed by atoms with Gasteiger partial charge in [0.15, 0.2) is 6.10 Å². The minimum Gasteiger partial charge on any atom is -0.481 e. The molecule has 1 heterocycles. The molecule has 0 radical (unpaired) electrons. The van der Waals surface area contributed by atoms with E-state index in [1.54, 1.807) is 0 Å². The Morgan fingerprint density at radius 1 is 1.27 bits per heavy atom. The van der Waals surface area contributed by atoms with Crippen LogP contribution in [0.15, 0.2) is 18.2 Å². The number of carbonyl (C=O) groups is 1. The molecule has 0 spiro atoms. The molecule has 4 nitrogen and oxygen atoms in total. The van der Waals surface area contributed by atoms with Crippen LogP contribution in [0.4, 0.5) is 0 Å². The van der Waals surface area contributed by atoms with Gasteiger partial charge in [-0.05, 0) is 82.4 Å². The second-order valence-electron chi connectivity index (χ2n) is 6.63. The molecule has 1 amide bonds. The number of rotatable bonds is 4. The van der Waals surface area contributed by atoms with Crippen LogP contribution in [0.25, 0.3) is 0 Å². The van der Waals surface area contributed by atoms with Crippen molar-refractivity contribution in [3.05, 3.63) is 29.3 Å². The zero-order valence-corrected chi connectivity index (χ0v) is 13.6. The Labute approximate surface area is 132 Å². The number of carbonyl (C=O) groups excluding carboxylic acids is 1. The number of benzene rings is 1. The molecule has 0 unspecified atom stereocenters. The monoisotopic (exact) mass is 302 g/mol. The van der Waals surface area contributed by atoms with Crippen LogP contribution in [0.5, 0.6) is 5.75 Å². The van der Waals surface area contributed by atoms with Crippen molar-refractivity contribution in [2.45, 2.75) is 51.2 Å². The number of likely N-dealkylation sites (tertiary alicyclic amines) is 1. The Hall–Kier alpha value is -1.55. The Morgan fingerprint density at radius 2 is 2.00 bits per heavy atom. The van der Waals surface area contributed by atoms with Crippen LogP contribution in [-0.2, 0) is 17.6 Å². The van der Waals surface area contributed by atoms with Crippen molar-refractivity contribution in [1.82, 2.24) is 10.2 Å². The average Bonchev–Trinajstić information content (AvgIpc) is 2.97. The van der Waals surface area contributed by atoms with Crippen molar-refractivity contribution in [3.63, 3.8) is 0 Å². The molecule has 4 heteroatoms. The van der Waals surface area contributed by atoms with Gasteiger partial charge in [-0.15, -0.1) is 0 Å². The zero-order valence-electron chi connectivity index (χ0n) is 13.6. The van der Waals surface area contributed by atoms with Crippen molar-refractivity contribution in [3.8, 4) is 5.75 Å². The van der Waals surface area contributed by atoms with Crippen LogP contribution in [0, 0.1) is 0 Å². The second kappa shape index (κ2) is 6.69. The first kappa shape index (κ1) is 15.3. The van der Waals surface area contributed by atoms with Gasteiger partial charge in [-0.3, -0.25) is 4.79 Å². The van der Waals surface area contributed by atoms with Gasteiger partial charge in [0.1, 0.15) is 5.75 Å². The molecule has 1 aliphatic heterocycles. The Bertz CT molecular complexity index is 536. The topological polar surface area (TPSA) is 41.6 Å². The average molecular weight is 302 g/mol. The van der Waals surface area contributed by atoms with Crippen molar-refractivity contribution in [2.24, 2.45) is 0 Å². The van der Waals surface area contributed by atoms with E-state index in [9.17, 15) is 4.79 Å². The van der Waals surface area contributed by atoms with E-state index < -0.39 is 6.10 Å². The lowest BCUT2D eigenvalue weighted by Crippen LogP contribution is -2.47. The van der Waals surface area contributed by atoms with Crippen LogP contribution in [0.2, 0.25) is 0 Å². The predicted octanol–water partition coefficient (Wildman–Crippen LogP) is 2.15. The number of aryl methyl sites for hydroxylation is 2. The molecule has 0 saturated carbocycles. The quantitative estimate of drug-likeness (QED) is 0.926. The summed E-state index contributed by atoms with van der Waals surface area (Å²) in [7, 11) is 2.12. The van der Waals surface area contributed by atoms with Gasteiger partial charge in [-0.2, -0.15) is 0 Å². The summed E-state index contributed by atoms with van der Waals surface area (Å²) in [5.74, 6) is 0.807. The standard InChI is InChI=1S/C18H26N2O2/c1-13(18(21)19-16-8-10-20(2)11-9-16)22-17-7-6-14-4-3-5-15(14)12-17/h6-7,12-13,16H,3-5,8-11H2,1-2H3,(H,19,21)/t13-/m0/s1. The van der Waals surface area contributed by atoms with E-state index >= 15 is 0 Å². The first-order valence-electron chi connectivity index (χ1n) is 8.39. The summed E-state index contributed by atoms with van der Waals surface area (Å²) in [5.41, 5.74) is 2.80. The summed E-state index contributed by atoms with van der Waals surface area (Å²) >= 11 is 0. The fourth-order valence-electron chi connectivity index (χ4n) is 3.35. The highest BCUT2D eigenvalue weighted by Crippen LogP contribution is 2.26. The van der Waals surface area contributed by atoms with E-state index in [1.807, 2.05) is 13.0 Å². The lowest BCUT2D eigenvalue weighted by atomic mass is 10.1. The van der Waals surface area contributed by atoms with Gasteiger partial charge in [0.25, 0.3) is 5.91 Å². The first-order valence-corrected chi connectivity index (χ1v) is 8.39. The minimum absolute atomic E-state index is 0.00458. The van der Waals surface area contributed by atoms with Gasteiger partial charge in [0, 0.05) is 6.04 Å². The number of nitrogens with zero attached hydrogens (tertiary/aromatic N) is 1. The number of fused-ring (bicyclic) bond motifs is 1. The van der Waals surface area contributed by atoms with Gasteiger partial charge in [0.2, 0.25) is 0 Å². The molecule has 1 fully saturated rings. The number of hydrogen-bond acceptors (Lipinski definition) is 3. The second-order valence-corrected chi connectivity index (χ2v) is 6.63. The highest BCUT2D eigenvalue weighted by molar-refractivity contribution is 5.81. The number of nitrogens with one attached hydrogen (secondary N) is 1. The van der Waals surface area contributed by atoms with Gasteiger partial charge in [-0.1, -0.05) is 6.07 Å². The van der Waals surface area contributed by atoms with E-state index in [-0.39, 0.29) is 11.9 Å². The molecule has 1 aromatic rings. The Kier molecular flexibility index (Phi) is 4.67. The Balaban J connectivity index is 1.52. The number of amides is 1. The van der Waals surface area contributed by atoms with Crippen molar-refractivity contribution in [2.75, 3.05) is 20.1 Å². The van der Waals surface area contributed by atoms with Crippen molar-refractivity contribution < 1.29 is 9.53 Å². The molecular weight excluding hydrogens is 276 g/mol. The molecule has 1 saturated heterocycles. The molecule has 120 valence electrons. The smallest absolute Gasteiger partial charge is 0.260 e. The van der Waals surface area contributed by atoms with Crippen molar-refractivity contribution in [1.29, 1.82) is 0 Å². The molecule has 1 aliphatic carbocycles. The summed E-state index contributed by atoms with van der Waals surface area (Å²) in [6.45, 7) is 3.92.